The minimum atomic E-state index is -0.736. The number of piperidine rings is 1. The molecule has 3 aromatic rings. The van der Waals surface area contributed by atoms with Gasteiger partial charge in [-0.1, -0.05) is 29.8 Å². The number of hydrogen-bond acceptors (Lipinski definition) is 4. The Morgan fingerprint density at radius 3 is 2.67 bits per heavy atom. The van der Waals surface area contributed by atoms with Crippen molar-refractivity contribution < 1.29 is 19.0 Å². The number of benzene rings is 2. The van der Waals surface area contributed by atoms with E-state index in [0.717, 1.165) is 92.4 Å². The number of carboxylic acid groups (broad SMARTS) is 1. The van der Waals surface area contributed by atoms with Gasteiger partial charge in [0.2, 0.25) is 0 Å². The van der Waals surface area contributed by atoms with Gasteiger partial charge in [0.25, 0.3) is 0 Å². The maximum atomic E-state index is 13.9. The summed E-state index contributed by atoms with van der Waals surface area (Å²) in [6.07, 6.45) is 7.67. The molecule has 0 aliphatic carbocycles. The lowest BCUT2D eigenvalue weighted by molar-refractivity contribution is -0.140. The Morgan fingerprint density at radius 1 is 1.17 bits per heavy atom. The number of rotatable bonds is 11. The molecule has 2 aromatic carbocycles. The van der Waals surface area contributed by atoms with E-state index in [1.807, 2.05) is 30.3 Å². The first kappa shape index (κ1) is 26.4. The highest BCUT2D eigenvalue weighted by atomic mass is 35.5. The molecule has 1 fully saturated rings. The van der Waals surface area contributed by atoms with E-state index in [-0.39, 0.29) is 17.7 Å². The van der Waals surface area contributed by atoms with Crippen molar-refractivity contribution in [2.24, 2.45) is 5.41 Å². The molecule has 1 aromatic heterocycles. The normalized spacial score (nSPS) is 15.8. The molecular formula is C29H34ClFN2O3. The highest BCUT2D eigenvalue weighted by Gasteiger charge is 2.36. The molecule has 0 atom stereocenters. The zero-order valence-electron chi connectivity index (χ0n) is 20.8. The third-order valence-electron chi connectivity index (χ3n) is 7.59. The molecule has 4 rings (SSSR count). The van der Waals surface area contributed by atoms with Gasteiger partial charge in [0.1, 0.15) is 11.6 Å². The third kappa shape index (κ3) is 6.54. The quantitative estimate of drug-likeness (QED) is 0.315. The summed E-state index contributed by atoms with van der Waals surface area (Å²) in [5.74, 6) is -0.116. The van der Waals surface area contributed by atoms with Crippen LogP contribution in [-0.4, -0.2) is 47.7 Å². The maximum Gasteiger partial charge on any atom is 0.303 e. The van der Waals surface area contributed by atoms with Gasteiger partial charge in [-0.25, -0.2) is 4.39 Å². The van der Waals surface area contributed by atoms with Gasteiger partial charge in [-0.3, -0.25) is 9.78 Å². The van der Waals surface area contributed by atoms with Gasteiger partial charge < -0.3 is 14.7 Å². The number of aryl methyl sites for hydroxylation is 2. The van der Waals surface area contributed by atoms with Crippen LogP contribution in [0.4, 0.5) is 4.39 Å². The van der Waals surface area contributed by atoms with E-state index in [2.05, 4.69) is 9.88 Å². The highest BCUT2D eigenvalue weighted by molar-refractivity contribution is 6.32. The monoisotopic (exact) mass is 512 g/mol. The van der Waals surface area contributed by atoms with Gasteiger partial charge in [-0.05, 0) is 105 Å². The number of aromatic nitrogens is 1. The summed E-state index contributed by atoms with van der Waals surface area (Å²) in [4.78, 5) is 18.6. The Labute approximate surface area is 217 Å². The molecule has 0 bridgehead atoms. The summed E-state index contributed by atoms with van der Waals surface area (Å²) in [7, 11) is 1.64. The van der Waals surface area contributed by atoms with Crippen molar-refractivity contribution in [1.82, 2.24) is 9.88 Å². The first-order valence-corrected chi connectivity index (χ1v) is 13.1. The van der Waals surface area contributed by atoms with Crippen molar-refractivity contribution in [3.8, 4) is 5.75 Å². The van der Waals surface area contributed by atoms with E-state index in [0.29, 0.717) is 5.02 Å². The van der Waals surface area contributed by atoms with Crippen LogP contribution in [0.1, 0.15) is 49.7 Å². The molecule has 0 radical (unpaired) electrons. The molecule has 36 heavy (non-hydrogen) atoms. The highest BCUT2D eigenvalue weighted by Crippen LogP contribution is 2.40. The Morgan fingerprint density at radius 2 is 1.94 bits per heavy atom. The van der Waals surface area contributed by atoms with Crippen LogP contribution in [-0.2, 0) is 17.6 Å². The lowest BCUT2D eigenvalue weighted by atomic mass is 9.72. The number of pyridine rings is 1. The van der Waals surface area contributed by atoms with Gasteiger partial charge >= 0.3 is 5.97 Å². The van der Waals surface area contributed by atoms with E-state index < -0.39 is 5.97 Å². The molecule has 192 valence electrons. The van der Waals surface area contributed by atoms with Crippen LogP contribution >= 0.6 is 11.6 Å². The lowest BCUT2D eigenvalue weighted by Gasteiger charge is -2.41. The molecule has 5 nitrogen and oxygen atoms in total. The third-order valence-corrected chi connectivity index (χ3v) is 7.91. The van der Waals surface area contributed by atoms with Gasteiger partial charge in [-0.2, -0.15) is 0 Å². The van der Waals surface area contributed by atoms with Crippen LogP contribution < -0.4 is 4.74 Å². The van der Waals surface area contributed by atoms with Crippen LogP contribution in [0.25, 0.3) is 10.9 Å². The van der Waals surface area contributed by atoms with Crippen molar-refractivity contribution in [2.75, 3.05) is 26.7 Å². The molecule has 2 heterocycles. The van der Waals surface area contributed by atoms with E-state index >= 15 is 0 Å². The lowest BCUT2D eigenvalue weighted by Crippen LogP contribution is -2.41. The fraction of sp³-hybridized carbons (Fsp3) is 0.448. The van der Waals surface area contributed by atoms with Gasteiger partial charge in [0.15, 0.2) is 0 Å². The number of methoxy groups -OCH3 is 1. The largest absolute Gasteiger partial charge is 0.497 e. The molecule has 1 aliphatic rings. The molecule has 0 spiro atoms. The summed E-state index contributed by atoms with van der Waals surface area (Å²) < 4.78 is 19.3. The summed E-state index contributed by atoms with van der Waals surface area (Å²) >= 11 is 6.53. The zero-order chi connectivity index (χ0) is 25.5. The summed E-state index contributed by atoms with van der Waals surface area (Å²) in [5.41, 5.74) is 2.46. The van der Waals surface area contributed by atoms with Crippen LogP contribution in [0.5, 0.6) is 5.75 Å². The van der Waals surface area contributed by atoms with Gasteiger partial charge in [0.05, 0.1) is 24.1 Å². The second kappa shape index (κ2) is 12.0. The van der Waals surface area contributed by atoms with Gasteiger partial charge in [-0.15, -0.1) is 0 Å². The average molecular weight is 513 g/mol. The molecule has 1 saturated heterocycles. The van der Waals surface area contributed by atoms with E-state index in [1.54, 1.807) is 19.4 Å². The van der Waals surface area contributed by atoms with Gasteiger partial charge in [0, 0.05) is 11.6 Å². The van der Waals surface area contributed by atoms with Crippen molar-refractivity contribution in [1.29, 1.82) is 0 Å². The molecule has 0 saturated carbocycles. The van der Waals surface area contributed by atoms with E-state index in [1.165, 1.54) is 6.07 Å². The first-order chi connectivity index (χ1) is 17.4. The van der Waals surface area contributed by atoms with Crippen LogP contribution in [0, 0.1) is 11.2 Å². The topological polar surface area (TPSA) is 62.7 Å². The molecule has 1 aliphatic heterocycles. The molecule has 7 heteroatoms. The number of hydrogen-bond donors (Lipinski definition) is 1. The second-order valence-corrected chi connectivity index (χ2v) is 10.3. The Hall–Kier alpha value is -2.70. The minimum absolute atomic E-state index is 0.142. The molecule has 1 N–H and O–H groups in total. The maximum absolute atomic E-state index is 13.9. The van der Waals surface area contributed by atoms with Crippen molar-refractivity contribution in [3.05, 3.63) is 70.6 Å². The number of fused-ring (bicyclic) bond motifs is 1. The number of ether oxygens (including phenoxy) is 1. The Kier molecular flexibility index (Phi) is 8.81. The summed E-state index contributed by atoms with van der Waals surface area (Å²) in [6, 6.07) is 12.7. The Bertz CT molecular complexity index is 1190. The van der Waals surface area contributed by atoms with Crippen molar-refractivity contribution >= 4 is 28.5 Å². The minimum Gasteiger partial charge on any atom is -0.497 e. The number of halogens is 2. The first-order valence-electron chi connectivity index (χ1n) is 12.7. The molecule has 0 unspecified atom stereocenters. The fourth-order valence-corrected chi connectivity index (χ4v) is 5.75. The predicted molar refractivity (Wildman–Crippen MR) is 141 cm³/mol. The SMILES string of the molecule is COc1ccc2ncc(Cl)c(CCCC3(CC(=O)O)CCN(CCCc4ccccc4F)CC3)c2c1. The number of aliphatic carboxylic acids is 1. The Balaban J connectivity index is 1.35. The molecule has 0 amide bonds. The second-order valence-electron chi connectivity index (χ2n) is 9.93. The van der Waals surface area contributed by atoms with Crippen molar-refractivity contribution in [3.63, 3.8) is 0 Å². The number of carboxylic acids is 1. The van der Waals surface area contributed by atoms with Crippen LogP contribution in [0.3, 0.4) is 0 Å². The fourth-order valence-electron chi connectivity index (χ4n) is 5.50. The number of nitrogens with zero attached hydrogens (tertiary/aromatic N) is 2. The number of carbonyl (C=O) groups is 1. The summed E-state index contributed by atoms with van der Waals surface area (Å²) in [6.45, 7) is 2.65. The smallest absolute Gasteiger partial charge is 0.303 e. The van der Waals surface area contributed by atoms with E-state index in [4.69, 9.17) is 16.3 Å². The molecular weight excluding hydrogens is 479 g/mol. The predicted octanol–water partition coefficient (Wildman–Crippen LogP) is 6.55. The zero-order valence-corrected chi connectivity index (χ0v) is 21.6. The summed E-state index contributed by atoms with van der Waals surface area (Å²) in [5, 5.41) is 11.3. The number of likely N-dealkylation sites (tertiary alicyclic amines) is 1. The van der Waals surface area contributed by atoms with E-state index in [9.17, 15) is 14.3 Å². The van der Waals surface area contributed by atoms with Crippen LogP contribution in [0.15, 0.2) is 48.7 Å². The average Bonchev–Trinajstić information content (AvgIpc) is 2.87. The van der Waals surface area contributed by atoms with Crippen LogP contribution in [0.2, 0.25) is 5.02 Å². The standard InChI is InChI=1S/C29H34ClFN2O3/c1-36-22-10-11-27-24(18-22)23(25(30)20-32-27)8-4-12-29(19-28(34)35)13-16-33(17-14-29)15-5-7-21-6-2-3-9-26(21)31/h2-3,6,9-11,18,20H,4-5,7-8,12-17,19H2,1H3,(H,34,35). The van der Waals surface area contributed by atoms with Crippen molar-refractivity contribution in [2.45, 2.75) is 51.4 Å².